The van der Waals surface area contributed by atoms with Crippen molar-refractivity contribution in [1.29, 1.82) is 0 Å². The van der Waals surface area contributed by atoms with Gasteiger partial charge in [0.1, 0.15) is 12.1 Å². The largest absolute Gasteiger partial charge is 0.550 e. The highest BCUT2D eigenvalue weighted by Crippen LogP contribution is 2.16. The van der Waals surface area contributed by atoms with Gasteiger partial charge in [-0.15, -0.1) is 0 Å². The molecule has 0 rings (SSSR count). The van der Waals surface area contributed by atoms with E-state index in [1.165, 1.54) is 57.4 Å². The lowest BCUT2D eigenvalue weighted by atomic mass is 9.97. The third-order valence-electron chi connectivity index (χ3n) is 4.97. The summed E-state index contributed by atoms with van der Waals surface area (Å²) in [6.45, 7) is 2.54. The number of unbranched alkanes of at least 4 members (excludes halogenated alkanes) is 8. The average molecular weight is 458 g/mol. The number of carbonyl (C=O) groups is 1. The summed E-state index contributed by atoms with van der Waals surface area (Å²) in [5.74, 6) is -1.26. The summed E-state index contributed by atoms with van der Waals surface area (Å²) in [5.41, 5.74) is -1.43. The van der Waals surface area contributed by atoms with Gasteiger partial charge in [0.25, 0.3) is 0 Å². The van der Waals surface area contributed by atoms with Crippen LogP contribution in [0.1, 0.15) is 71.1 Å². The molecule has 0 aromatic heterocycles. The van der Waals surface area contributed by atoms with Crippen LogP contribution in [0.5, 0.6) is 0 Å². The maximum atomic E-state index is 11.0. The van der Waals surface area contributed by atoms with E-state index in [0.29, 0.717) is 4.48 Å². The zero-order valence-corrected chi connectivity index (χ0v) is 21.4. The zero-order valence-electron chi connectivity index (χ0n) is 21.4. The lowest BCUT2D eigenvalue weighted by molar-refractivity contribution is -0.876. The van der Waals surface area contributed by atoms with Gasteiger partial charge in [0.15, 0.2) is 0 Å². The summed E-state index contributed by atoms with van der Waals surface area (Å²) < 4.78 is 0.449. The highest BCUT2D eigenvalue weighted by Gasteiger charge is 2.30. The van der Waals surface area contributed by atoms with E-state index in [1.807, 2.05) is 63.7 Å². The quantitative estimate of drug-likeness (QED) is 0.160. The molecule has 0 bridgehead atoms. The first kappa shape index (κ1) is 30.8. The van der Waals surface area contributed by atoms with Crippen molar-refractivity contribution in [2.24, 2.45) is 0 Å². The van der Waals surface area contributed by atoms with Gasteiger partial charge < -0.3 is 19.5 Å². The minimum Gasteiger partial charge on any atom is -0.550 e. The number of rotatable bonds is 19. The SMILES string of the molecule is CCCCCCCCCCC=CC=CC=CC=CC=CC=C[C@@](O)(CC(=O)[O-])C[N+](C)(C)C. The number of aliphatic hydroxyl groups is 1. The predicted molar refractivity (Wildman–Crippen MR) is 140 cm³/mol. The molecule has 33 heavy (non-hydrogen) atoms. The first-order valence-electron chi connectivity index (χ1n) is 12.4. The molecule has 4 heteroatoms. The van der Waals surface area contributed by atoms with E-state index < -0.39 is 18.0 Å². The van der Waals surface area contributed by atoms with E-state index in [9.17, 15) is 15.0 Å². The third kappa shape index (κ3) is 22.8. The number of likely N-dealkylation sites (N-methyl/N-ethyl adjacent to an activating group) is 1. The van der Waals surface area contributed by atoms with Gasteiger partial charge in [-0.1, -0.05) is 119 Å². The molecule has 0 heterocycles. The number of carboxylic acids is 1. The highest BCUT2D eigenvalue weighted by atomic mass is 16.4. The Bertz CT molecular complexity index is 677. The van der Waals surface area contributed by atoms with Crippen molar-refractivity contribution in [3.8, 4) is 0 Å². The first-order chi connectivity index (χ1) is 15.7. The molecule has 0 fully saturated rings. The molecule has 0 aromatic carbocycles. The van der Waals surface area contributed by atoms with Crippen LogP contribution < -0.4 is 5.11 Å². The molecule has 1 N–H and O–H groups in total. The number of hydrogen-bond acceptors (Lipinski definition) is 3. The smallest absolute Gasteiger partial charge is 0.137 e. The van der Waals surface area contributed by atoms with Crippen molar-refractivity contribution in [3.05, 3.63) is 72.9 Å². The second-order valence-electron chi connectivity index (χ2n) is 9.69. The fraction of sp³-hybridized carbons (Fsp3) is 0.552. The molecule has 0 aromatic rings. The molecule has 1 atom stereocenters. The fourth-order valence-corrected chi connectivity index (χ4v) is 3.56. The van der Waals surface area contributed by atoms with Crippen LogP contribution >= 0.6 is 0 Å². The Morgan fingerprint density at radius 1 is 0.758 bits per heavy atom. The lowest BCUT2D eigenvalue weighted by Crippen LogP contribution is -2.50. The molecular weight excluding hydrogens is 410 g/mol. The Morgan fingerprint density at radius 2 is 1.21 bits per heavy atom. The van der Waals surface area contributed by atoms with Crippen LogP contribution in [0.15, 0.2) is 72.9 Å². The first-order valence-corrected chi connectivity index (χ1v) is 12.4. The molecule has 0 spiro atoms. The van der Waals surface area contributed by atoms with Crippen LogP contribution in [0.25, 0.3) is 0 Å². The highest BCUT2D eigenvalue weighted by molar-refractivity contribution is 5.66. The molecule has 0 aliphatic rings. The minimum absolute atomic E-state index is 0.282. The fourth-order valence-electron chi connectivity index (χ4n) is 3.56. The number of carbonyl (C=O) groups excluding carboxylic acids is 1. The summed E-state index contributed by atoms with van der Waals surface area (Å²) in [4.78, 5) is 11.0. The van der Waals surface area contributed by atoms with Gasteiger partial charge in [0.05, 0.1) is 21.1 Å². The van der Waals surface area contributed by atoms with Gasteiger partial charge in [-0.2, -0.15) is 0 Å². The second-order valence-corrected chi connectivity index (χ2v) is 9.69. The van der Waals surface area contributed by atoms with E-state index in [-0.39, 0.29) is 6.54 Å². The van der Waals surface area contributed by atoms with Gasteiger partial charge in [-0.05, 0) is 18.9 Å². The van der Waals surface area contributed by atoms with Crippen molar-refractivity contribution in [2.75, 3.05) is 27.7 Å². The monoisotopic (exact) mass is 457 g/mol. The van der Waals surface area contributed by atoms with E-state index in [4.69, 9.17) is 0 Å². The van der Waals surface area contributed by atoms with E-state index >= 15 is 0 Å². The Labute approximate surface area is 203 Å². The molecule has 0 amide bonds. The maximum absolute atomic E-state index is 11.0. The van der Waals surface area contributed by atoms with Gasteiger partial charge >= 0.3 is 0 Å². The Morgan fingerprint density at radius 3 is 1.70 bits per heavy atom. The van der Waals surface area contributed by atoms with Gasteiger partial charge in [0, 0.05) is 12.4 Å². The Hall–Kier alpha value is -2.17. The Kier molecular flexibility index (Phi) is 18.0. The van der Waals surface area contributed by atoms with E-state index in [0.717, 1.165) is 6.42 Å². The average Bonchev–Trinajstić information content (AvgIpc) is 2.70. The van der Waals surface area contributed by atoms with Crippen LogP contribution in [-0.4, -0.2) is 48.8 Å². The van der Waals surface area contributed by atoms with Crippen LogP contribution in [0.2, 0.25) is 0 Å². The molecule has 0 radical (unpaired) electrons. The van der Waals surface area contributed by atoms with Crippen molar-refractivity contribution in [1.82, 2.24) is 0 Å². The number of allylic oxidation sites excluding steroid dienone is 11. The zero-order chi connectivity index (χ0) is 24.8. The van der Waals surface area contributed by atoms with Gasteiger partial charge in [0.2, 0.25) is 0 Å². The maximum Gasteiger partial charge on any atom is 0.137 e. The molecule has 0 aliphatic carbocycles. The van der Waals surface area contributed by atoms with Crippen LogP contribution in [-0.2, 0) is 4.79 Å². The normalized spacial score (nSPS) is 15.3. The molecule has 4 nitrogen and oxygen atoms in total. The van der Waals surface area contributed by atoms with Crippen LogP contribution in [0.4, 0.5) is 0 Å². The van der Waals surface area contributed by atoms with Crippen molar-refractivity contribution in [2.45, 2.75) is 76.7 Å². The summed E-state index contributed by atoms with van der Waals surface area (Å²) in [6.07, 6.45) is 34.4. The number of quaternary nitrogens is 1. The number of hydrogen-bond donors (Lipinski definition) is 1. The second kappa shape index (κ2) is 19.3. The van der Waals surface area contributed by atoms with Crippen molar-refractivity contribution < 1.29 is 19.5 Å². The summed E-state index contributed by atoms with van der Waals surface area (Å²) in [7, 11) is 5.71. The standard InChI is InChI=1S/C29H47NO3/c1-5-6-7-8-9-10-11-12-13-14-15-16-17-18-19-20-21-22-23-24-25-29(33,26-28(31)32)27-30(2,3)4/h14-25,33H,5-13,26-27H2,1-4H3/t29-/m1/s1. The molecule has 0 unspecified atom stereocenters. The predicted octanol–water partition coefficient (Wildman–Crippen LogP) is 5.43. The third-order valence-corrected chi connectivity index (χ3v) is 4.97. The Balaban J connectivity index is 4.10. The lowest BCUT2D eigenvalue weighted by Gasteiger charge is -2.34. The molecule has 0 saturated carbocycles. The van der Waals surface area contributed by atoms with E-state index in [1.54, 1.807) is 12.2 Å². The summed E-state index contributed by atoms with van der Waals surface area (Å²) >= 11 is 0. The number of aliphatic carboxylic acids is 1. The number of nitrogens with zero attached hydrogens (tertiary/aromatic N) is 1. The summed E-state index contributed by atoms with van der Waals surface area (Å²) in [5, 5.41) is 21.5. The molecule has 186 valence electrons. The molecule has 0 saturated heterocycles. The van der Waals surface area contributed by atoms with Crippen molar-refractivity contribution >= 4 is 5.97 Å². The van der Waals surface area contributed by atoms with Gasteiger partial charge in [-0.3, -0.25) is 0 Å². The molecular formula is C29H47NO3. The number of carboxylic acid groups (broad SMARTS) is 1. The minimum atomic E-state index is -1.43. The van der Waals surface area contributed by atoms with Crippen LogP contribution in [0.3, 0.4) is 0 Å². The molecule has 0 aliphatic heterocycles. The van der Waals surface area contributed by atoms with E-state index in [2.05, 4.69) is 19.1 Å². The topological polar surface area (TPSA) is 60.4 Å². The van der Waals surface area contributed by atoms with Crippen LogP contribution in [0, 0.1) is 0 Å². The van der Waals surface area contributed by atoms with Gasteiger partial charge in [-0.25, -0.2) is 0 Å². The van der Waals surface area contributed by atoms with Crippen molar-refractivity contribution in [3.63, 3.8) is 0 Å². The summed E-state index contributed by atoms with van der Waals surface area (Å²) in [6, 6.07) is 0.